The Labute approximate surface area is 131 Å². The van der Waals surface area contributed by atoms with Crippen molar-refractivity contribution in [1.29, 1.82) is 0 Å². The summed E-state index contributed by atoms with van der Waals surface area (Å²) in [7, 11) is 0. The fourth-order valence-electron chi connectivity index (χ4n) is 2.13. The molecule has 2 heterocycles. The number of anilines is 1. The van der Waals surface area contributed by atoms with Crippen molar-refractivity contribution in [3.05, 3.63) is 64.1 Å². The number of aromatic amines is 1. The molecule has 0 atom stereocenters. The van der Waals surface area contributed by atoms with Gasteiger partial charge in [-0.1, -0.05) is 12.1 Å². The molecule has 116 valence electrons. The Morgan fingerprint density at radius 2 is 2.04 bits per heavy atom. The van der Waals surface area contributed by atoms with Gasteiger partial charge in [-0.3, -0.25) is 9.59 Å². The first-order chi connectivity index (χ1) is 11.0. The Hall–Kier alpha value is -3.22. The summed E-state index contributed by atoms with van der Waals surface area (Å²) >= 11 is 0. The topological polar surface area (TPSA) is 101 Å². The quantitative estimate of drug-likeness (QED) is 0.773. The second-order valence-corrected chi connectivity index (χ2v) is 5.05. The number of carbonyl (C=O) groups is 1. The van der Waals surface area contributed by atoms with Gasteiger partial charge in [-0.15, -0.1) is 0 Å². The molecule has 7 heteroatoms. The molecule has 0 aliphatic carbocycles. The maximum Gasteiger partial charge on any atom is 0.277 e. The Balaban J connectivity index is 1.92. The minimum Gasteiger partial charge on any atom is -0.448 e. The lowest BCUT2D eigenvalue weighted by molar-refractivity contribution is 0.102. The van der Waals surface area contributed by atoms with Gasteiger partial charge in [0.05, 0.1) is 5.69 Å². The van der Waals surface area contributed by atoms with E-state index in [9.17, 15) is 9.59 Å². The number of H-pyrrole nitrogens is 1. The van der Waals surface area contributed by atoms with Crippen molar-refractivity contribution in [1.82, 2.24) is 15.2 Å². The van der Waals surface area contributed by atoms with Crippen LogP contribution in [0.15, 0.2) is 45.9 Å². The molecule has 0 unspecified atom stereocenters. The number of carbonyl (C=O) groups excluding carboxylic acids is 1. The number of hydrogen-bond donors (Lipinski definition) is 2. The second-order valence-electron chi connectivity index (χ2n) is 5.05. The Kier molecular flexibility index (Phi) is 3.76. The van der Waals surface area contributed by atoms with E-state index in [1.165, 1.54) is 12.5 Å². The number of amides is 1. The number of nitrogens with zero attached hydrogens (tertiary/aromatic N) is 2. The summed E-state index contributed by atoms with van der Waals surface area (Å²) in [6.07, 6.45) is 1.23. The lowest BCUT2D eigenvalue weighted by atomic mass is 10.1. The molecule has 3 rings (SSSR count). The molecular weight excluding hydrogens is 296 g/mol. The first-order valence-electron chi connectivity index (χ1n) is 6.93. The third-order valence-corrected chi connectivity index (χ3v) is 3.42. The normalized spacial score (nSPS) is 10.5. The van der Waals surface area contributed by atoms with Gasteiger partial charge in [0, 0.05) is 17.3 Å². The van der Waals surface area contributed by atoms with E-state index in [1.54, 1.807) is 19.1 Å². The summed E-state index contributed by atoms with van der Waals surface area (Å²) in [6, 6.07) is 8.56. The zero-order valence-electron chi connectivity index (χ0n) is 12.6. The molecule has 0 aliphatic heterocycles. The van der Waals surface area contributed by atoms with E-state index in [0.717, 1.165) is 11.1 Å². The predicted octanol–water partition coefficient (Wildman–Crippen LogP) is 2.29. The standard InChI is InChI=1S/C16H14N4O3/c1-9-3-4-11(12-5-6-14(21)20-19-12)7-13(9)18-16(22)15-10(2)23-8-17-15/h3-8H,1-2H3,(H,18,22)(H,20,21). The van der Waals surface area contributed by atoms with E-state index in [-0.39, 0.29) is 17.2 Å². The molecule has 2 N–H and O–H groups in total. The van der Waals surface area contributed by atoms with Crippen LogP contribution < -0.4 is 10.9 Å². The molecule has 0 spiro atoms. The van der Waals surface area contributed by atoms with E-state index in [1.807, 2.05) is 19.1 Å². The lowest BCUT2D eigenvalue weighted by Crippen LogP contribution is -2.14. The minimum absolute atomic E-state index is 0.247. The maximum atomic E-state index is 12.2. The maximum absolute atomic E-state index is 12.2. The van der Waals surface area contributed by atoms with Gasteiger partial charge in [0.2, 0.25) is 0 Å². The zero-order chi connectivity index (χ0) is 16.4. The molecule has 0 fully saturated rings. The van der Waals surface area contributed by atoms with Crippen molar-refractivity contribution in [3.8, 4) is 11.3 Å². The van der Waals surface area contributed by atoms with Crippen LogP contribution in [0.4, 0.5) is 5.69 Å². The van der Waals surface area contributed by atoms with Crippen LogP contribution in [-0.4, -0.2) is 21.1 Å². The molecule has 1 aromatic carbocycles. The van der Waals surface area contributed by atoms with E-state index >= 15 is 0 Å². The average molecular weight is 310 g/mol. The van der Waals surface area contributed by atoms with Crippen molar-refractivity contribution in [2.45, 2.75) is 13.8 Å². The first-order valence-corrected chi connectivity index (χ1v) is 6.93. The molecule has 0 saturated heterocycles. The summed E-state index contributed by atoms with van der Waals surface area (Å²) in [4.78, 5) is 27.2. The lowest BCUT2D eigenvalue weighted by Gasteiger charge is -2.09. The van der Waals surface area contributed by atoms with Gasteiger partial charge in [-0.25, -0.2) is 10.1 Å². The number of benzene rings is 1. The third-order valence-electron chi connectivity index (χ3n) is 3.42. The highest BCUT2D eigenvalue weighted by molar-refractivity contribution is 6.04. The highest BCUT2D eigenvalue weighted by Gasteiger charge is 2.15. The van der Waals surface area contributed by atoms with E-state index < -0.39 is 0 Å². The van der Waals surface area contributed by atoms with Gasteiger partial charge < -0.3 is 9.73 Å². The van der Waals surface area contributed by atoms with Crippen LogP contribution >= 0.6 is 0 Å². The average Bonchev–Trinajstić information content (AvgIpc) is 2.96. The van der Waals surface area contributed by atoms with Crippen molar-refractivity contribution in [2.75, 3.05) is 5.32 Å². The summed E-state index contributed by atoms with van der Waals surface area (Å²) in [5, 5.41) is 9.19. The third kappa shape index (κ3) is 3.03. The number of aromatic nitrogens is 3. The largest absolute Gasteiger partial charge is 0.448 e. The highest BCUT2D eigenvalue weighted by Crippen LogP contribution is 2.24. The van der Waals surface area contributed by atoms with Crippen molar-refractivity contribution in [3.63, 3.8) is 0 Å². The fourth-order valence-corrected chi connectivity index (χ4v) is 2.13. The molecule has 3 aromatic rings. The van der Waals surface area contributed by atoms with Crippen LogP contribution in [0.25, 0.3) is 11.3 Å². The molecule has 0 bridgehead atoms. The van der Waals surface area contributed by atoms with Crippen LogP contribution in [0.5, 0.6) is 0 Å². The molecule has 7 nitrogen and oxygen atoms in total. The van der Waals surface area contributed by atoms with Crippen molar-refractivity contribution in [2.24, 2.45) is 0 Å². The van der Waals surface area contributed by atoms with Crippen molar-refractivity contribution < 1.29 is 9.21 Å². The number of aryl methyl sites for hydroxylation is 2. The number of rotatable bonds is 3. The Morgan fingerprint density at radius 1 is 1.22 bits per heavy atom. The number of oxazole rings is 1. The van der Waals surface area contributed by atoms with Crippen molar-refractivity contribution >= 4 is 11.6 Å². The van der Waals surface area contributed by atoms with Crippen LogP contribution in [0.2, 0.25) is 0 Å². The first kappa shape index (κ1) is 14.7. The second kappa shape index (κ2) is 5.88. The highest BCUT2D eigenvalue weighted by atomic mass is 16.3. The van der Waals surface area contributed by atoms with E-state index in [0.29, 0.717) is 17.1 Å². The SMILES string of the molecule is Cc1ccc(-c2ccc(=O)[nH]n2)cc1NC(=O)c1ncoc1C. The Morgan fingerprint density at radius 3 is 2.70 bits per heavy atom. The van der Waals surface area contributed by atoms with E-state index in [2.05, 4.69) is 20.5 Å². The van der Waals surface area contributed by atoms with Crippen LogP contribution in [0, 0.1) is 13.8 Å². The molecule has 0 radical (unpaired) electrons. The molecule has 2 aromatic heterocycles. The number of nitrogens with one attached hydrogen (secondary N) is 2. The summed E-state index contributed by atoms with van der Waals surface area (Å²) in [6.45, 7) is 3.56. The smallest absolute Gasteiger partial charge is 0.277 e. The van der Waals surface area contributed by atoms with Gasteiger partial charge in [-0.2, -0.15) is 5.10 Å². The molecule has 0 saturated carbocycles. The van der Waals surface area contributed by atoms with Gasteiger partial charge in [0.25, 0.3) is 11.5 Å². The summed E-state index contributed by atoms with van der Waals surface area (Å²) < 4.78 is 5.04. The monoisotopic (exact) mass is 310 g/mol. The summed E-state index contributed by atoms with van der Waals surface area (Å²) in [5.41, 5.74) is 2.90. The van der Waals surface area contributed by atoms with Gasteiger partial charge in [0.15, 0.2) is 12.1 Å². The van der Waals surface area contributed by atoms with Gasteiger partial charge in [0.1, 0.15) is 5.76 Å². The van der Waals surface area contributed by atoms with Crippen LogP contribution in [0.3, 0.4) is 0 Å². The number of hydrogen-bond acceptors (Lipinski definition) is 5. The molecule has 0 aliphatic rings. The summed E-state index contributed by atoms with van der Waals surface area (Å²) in [5.74, 6) is 0.115. The van der Waals surface area contributed by atoms with Crippen LogP contribution in [0.1, 0.15) is 21.8 Å². The fraction of sp³-hybridized carbons (Fsp3) is 0.125. The van der Waals surface area contributed by atoms with E-state index in [4.69, 9.17) is 4.42 Å². The van der Waals surface area contributed by atoms with Crippen LogP contribution in [-0.2, 0) is 0 Å². The van der Waals surface area contributed by atoms with Gasteiger partial charge >= 0.3 is 0 Å². The molecular formula is C16H14N4O3. The molecule has 23 heavy (non-hydrogen) atoms. The molecule has 1 amide bonds. The minimum atomic E-state index is -0.342. The van der Waals surface area contributed by atoms with Gasteiger partial charge in [-0.05, 0) is 31.5 Å². The predicted molar refractivity (Wildman–Crippen MR) is 84.2 cm³/mol. The Bertz CT molecular complexity index is 907. The zero-order valence-corrected chi connectivity index (χ0v) is 12.6.